The number of hydrogen-bond donors (Lipinski definition) is 1. The first kappa shape index (κ1) is 15.1. The summed E-state index contributed by atoms with van der Waals surface area (Å²) in [6.45, 7) is 9.19. The van der Waals surface area contributed by atoms with Crippen LogP contribution in [0.5, 0.6) is 0 Å². The number of rotatable bonds is 7. The topological polar surface area (TPSA) is 15.3 Å². The fourth-order valence-corrected chi connectivity index (χ4v) is 2.29. The van der Waals surface area contributed by atoms with E-state index < -0.39 is 0 Å². The molecule has 1 aromatic rings. The summed E-state index contributed by atoms with van der Waals surface area (Å²) >= 11 is 0. The number of nitrogens with zero attached hydrogens (tertiary/aromatic N) is 1. The first-order chi connectivity index (χ1) is 8.60. The predicted molar refractivity (Wildman–Crippen MR) is 75.2 cm³/mol. The molecule has 0 spiro atoms. The summed E-state index contributed by atoms with van der Waals surface area (Å²) in [7, 11) is 2.10. The van der Waals surface area contributed by atoms with Crippen LogP contribution in [0.1, 0.15) is 32.4 Å². The van der Waals surface area contributed by atoms with Crippen molar-refractivity contribution in [2.75, 3.05) is 26.7 Å². The lowest BCUT2D eigenvalue weighted by atomic mass is 9.93. The van der Waals surface area contributed by atoms with Gasteiger partial charge in [-0.1, -0.05) is 39.0 Å². The summed E-state index contributed by atoms with van der Waals surface area (Å²) in [6.07, 6.45) is 0. The highest BCUT2D eigenvalue weighted by molar-refractivity contribution is 5.22. The lowest BCUT2D eigenvalue weighted by Crippen LogP contribution is -2.34. The third kappa shape index (κ3) is 4.07. The molecule has 18 heavy (non-hydrogen) atoms. The van der Waals surface area contributed by atoms with Crippen LogP contribution in [0.2, 0.25) is 0 Å². The van der Waals surface area contributed by atoms with Crippen molar-refractivity contribution in [3.63, 3.8) is 0 Å². The fourth-order valence-electron chi connectivity index (χ4n) is 2.29. The van der Waals surface area contributed by atoms with Gasteiger partial charge in [-0.25, -0.2) is 4.39 Å². The van der Waals surface area contributed by atoms with Crippen molar-refractivity contribution in [2.24, 2.45) is 5.92 Å². The van der Waals surface area contributed by atoms with Crippen LogP contribution in [0.4, 0.5) is 4.39 Å². The highest BCUT2D eigenvalue weighted by atomic mass is 19.1. The molecule has 3 heteroatoms. The molecule has 1 N–H and O–H groups in total. The third-order valence-electron chi connectivity index (χ3n) is 3.37. The molecule has 2 atom stereocenters. The molecule has 1 aromatic carbocycles. The van der Waals surface area contributed by atoms with Gasteiger partial charge in [-0.2, -0.15) is 0 Å². The van der Waals surface area contributed by atoms with Gasteiger partial charge in [-0.15, -0.1) is 0 Å². The molecule has 2 unspecified atom stereocenters. The third-order valence-corrected chi connectivity index (χ3v) is 3.37. The zero-order valence-corrected chi connectivity index (χ0v) is 11.9. The summed E-state index contributed by atoms with van der Waals surface area (Å²) in [5.74, 6) is 0.251. The van der Waals surface area contributed by atoms with E-state index in [1.54, 1.807) is 6.07 Å². The molecular formula is C15H25FN2. The van der Waals surface area contributed by atoms with Gasteiger partial charge in [-0.3, -0.25) is 0 Å². The molecule has 0 aliphatic carbocycles. The second kappa shape index (κ2) is 7.49. The fraction of sp³-hybridized carbons (Fsp3) is 0.600. The Labute approximate surface area is 110 Å². The van der Waals surface area contributed by atoms with Crippen molar-refractivity contribution in [3.05, 3.63) is 35.6 Å². The molecule has 0 heterocycles. The zero-order chi connectivity index (χ0) is 13.5. The maximum Gasteiger partial charge on any atom is 0.127 e. The van der Waals surface area contributed by atoms with Crippen molar-refractivity contribution >= 4 is 0 Å². The molecule has 0 saturated heterocycles. The SMILES string of the molecule is CCNC(c1ccccc1F)C(C)CN(C)CC. The predicted octanol–water partition coefficient (Wildman–Crippen LogP) is 3.06. The Kier molecular flexibility index (Phi) is 6.30. The van der Waals surface area contributed by atoms with E-state index >= 15 is 0 Å². The molecule has 0 amide bonds. The Morgan fingerprint density at radius 1 is 1.28 bits per heavy atom. The van der Waals surface area contributed by atoms with Crippen molar-refractivity contribution in [1.29, 1.82) is 0 Å². The van der Waals surface area contributed by atoms with Gasteiger partial charge in [0.1, 0.15) is 5.82 Å². The van der Waals surface area contributed by atoms with Gasteiger partial charge in [0, 0.05) is 18.2 Å². The van der Waals surface area contributed by atoms with Crippen LogP contribution in [0.15, 0.2) is 24.3 Å². The summed E-state index contributed by atoms with van der Waals surface area (Å²) < 4.78 is 13.9. The summed E-state index contributed by atoms with van der Waals surface area (Å²) in [5, 5.41) is 3.40. The molecule has 0 aliphatic rings. The van der Waals surface area contributed by atoms with E-state index in [1.165, 1.54) is 6.07 Å². The molecule has 2 nitrogen and oxygen atoms in total. The second-order valence-corrected chi connectivity index (χ2v) is 4.89. The minimum Gasteiger partial charge on any atom is -0.310 e. The maximum atomic E-state index is 13.9. The standard InChI is InChI=1S/C15H25FN2/c1-5-17-15(12(3)11-18(4)6-2)13-9-7-8-10-14(13)16/h7-10,12,15,17H,5-6,11H2,1-4H3. The smallest absolute Gasteiger partial charge is 0.127 e. The lowest BCUT2D eigenvalue weighted by molar-refractivity contribution is 0.254. The largest absolute Gasteiger partial charge is 0.310 e. The van der Waals surface area contributed by atoms with E-state index in [-0.39, 0.29) is 11.9 Å². The Hall–Kier alpha value is -0.930. The zero-order valence-electron chi connectivity index (χ0n) is 11.9. The van der Waals surface area contributed by atoms with E-state index in [9.17, 15) is 4.39 Å². The second-order valence-electron chi connectivity index (χ2n) is 4.89. The van der Waals surface area contributed by atoms with E-state index in [1.807, 2.05) is 12.1 Å². The highest BCUT2D eigenvalue weighted by Crippen LogP contribution is 2.24. The van der Waals surface area contributed by atoms with Gasteiger partial charge in [0.2, 0.25) is 0 Å². The Morgan fingerprint density at radius 2 is 1.94 bits per heavy atom. The van der Waals surface area contributed by atoms with E-state index in [2.05, 4.69) is 38.0 Å². The highest BCUT2D eigenvalue weighted by Gasteiger charge is 2.21. The van der Waals surface area contributed by atoms with Gasteiger partial charge in [0.05, 0.1) is 0 Å². The Balaban J connectivity index is 2.85. The first-order valence-corrected chi connectivity index (χ1v) is 6.76. The van der Waals surface area contributed by atoms with Gasteiger partial charge >= 0.3 is 0 Å². The number of nitrogens with one attached hydrogen (secondary N) is 1. The van der Waals surface area contributed by atoms with Crippen molar-refractivity contribution in [3.8, 4) is 0 Å². The van der Waals surface area contributed by atoms with Crippen molar-refractivity contribution < 1.29 is 4.39 Å². The van der Waals surface area contributed by atoms with E-state index in [0.717, 1.165) is 25.2 Å². The first-order valence-electron chi connectivity index (χ1n) is 6.76. The molecular weight excluding hydrogens is 227 g/mol. The molecule has 0 aliphatic heterocycles. The van der Waals surface area contributed by atoms with Crippen LogP contribution >= 0.6 is 0 Å². The number of hydrogen-bond acceptors (Lipinski definition) is 2. The Bertz CT molecular complexity index is 354. The molecule has 0 saturated carbocycles. The molecule has 0 aromatic heterocycles. The van der Waals surface area contributed by atoms with Crippen LogP contribution in [0.3, 0.4) is 0 Å². The summed E-state index contributed by atoms with van der Waals surface area (Å²) in [4.78, 5) is 2.26. The summed E-state index contributed by atoms with van der Waals surface area (Å²) in [6, 6.07) is 7.13. The van der Waals surface area contributed by atoms with E-state index in [4.69, 9.17) is 0 Å². The number of halogens is 1. The molecule has 102 valence electrons. The minimum atomic E-state index is -0.116. The van der Waals surface area contributed by atoms with Gasteiger partial charge in [0.15, 0.2) is 0 Å². The molecule has 1 rings (SSSR count). The van der Waals surface area contributed by atoms with Crippen molar-refractivity contribution in [2.45, 2.75) is 26.8 Å². The number of benzene rings is 1. The van der Waals surface area contributed by atoms with Crippen molar-refractivity contribution in [1.82, 2.24) is 10.2 Å². The van der Waals surface area contributed by atoms with Crippen LogP contribution < -0.4 is 5.32 Å². The van der Waals surface area contributed by atoms with Gasteiger partial charge in [0.25, 0.3) is 0 Å². The lowest BCUT2D eigenvalue weighted by Gasteiger charge is -2.29. The normalized spacial score (nSPS) is 14.8. The Morgan fingerprint density at radius 3 is 2.50 bits per heavy atom. The van der Waals surface area contributed by atoms with Gasteiger partial charge < -0.3 is 10.2 Å². The van der Waals surface area contributed by atoms with E-state index in [0.29, 0.717) is 5.92 Å². The minimum absolute atomic E-state index is 0.0743. The van der Waals surface area contributed by atoms with Crippen LogP contribution in [0, 0.1) is 11.7 Å². The average molecular weight is 252 g/mol. The average Bonchev–Trinajstić information content (AvgIpc) is 2.36. The quantitative estimate of drug-likeness (QED) is 0.802. The molecule has 0 bridgehead atoms. The van der Waals surface area contributed by atoms with Crippen LogP contribution in [-0.4, -0.2) is 31.6 Å². The summed E-state index contributed by atoms with van der Waals surface area (Å²) in [5.41, 5.74) is 0.774. The van der Waals surface area contributed by atoms with Crippen LogP contribution in [0.25, 0.3) is 0 Å². The van der Waals surface area contributed by atoms with Crippen LogP contribution in [-0.2, 0) is 0 Å². The molecule has 0 fully saturated rings. The monoisotopic (exact) mass is 252 g/mol. The molecule has 0 radical (unpaired) electrons. The van der Waals surface area contributed by atoms with Gasteiger partial charge in [-0.05, 0) is 32.1 Å². The maximum absolute atomic E-state index is 13.9.